The molecule has 0 amide bonds. The summed E-state index contributed by atoms with van der Waals surface area (Å²) in [6.45, 7) is 9.10. The maximum Gasteiger partial charge on any atom is 0.306 e. The van der Waals surface area contributed by atoms with Gasteiger partial charge in [0.25, 0.3) is 0 Å². The first-order valence-corrected chi connectivity index (χ1v) is 31.9. The quantitative estimate of drug-likeness (QED) is 0.0343. The fraction of sp³-hybridized carbons (Fsp3) is 0.953. The van der Waals surface area contributed by atoms with E-state index in [-0.39, 0.29) is 31.1 Å². The van der Waals surface area contributed by atoms with Gasteiger partial charge in [0.05, 0.1) is 0 Å². The summed E-state index contributed by atoms with van der Waals surface area (Å²) in [6.07, 6.45) is 65.3. The third kappa shape index (κ3) is 57.3. The van der Waals surface area contributed by atoms with Gasteiger partial charge >= 0.3 is 17.9 Å². The summed E-state index contributed by atoms with van der Waals surface area (Å²) in [5.41, 5.74) is 0. The summed E-state index contributed by atoms with van der Waals surface area (Å²) < 4.78 is 17.0. The number of hydrogen-bond donors (Lipinski definition) is 0. The van der Waals surface area contributed by atoms with E-state index < -0.39 is 6.10 Å². The van der Waals surface area contributed by atoms with Crippen LogP contribution in [0.5, 0.6) is 0 Å². The fourth-order valence-electron chi connectivity index (χ4n) is 9.99. The predicted molar refractivity (Wildman–Crippen MR) is 303 cm³/mol. The first-order valence-electron chi connectivity index (χ1n) is 31.9. The van der Waals surface area contributed by atoms with Crippen LogP contribution in [0, 0.1) is 5.92 Å². The van der Waals surface area contributed by atoms with Crippen LogP contribution in [-0.2, 0) is 28.6 Å². The first-order chi connectivity index (χ1) is 34.4. The Morgan fingerprint density at radius 2 is 0.471 bits per heavy atom. The highest BCUT2D eigenvalue weighted by Crippen LogP contribution is 2.19. The molecule has 416 valence electrons. The van der Waals surface area contributed by atoms with Crippen LogP contribution < -0.4 is 0 Å². The van der Waals surface area contributed by atoms with E-state index in [4.69, 9.17) is 14.2 Å². The Balaban J connectivity index is 4.28. The minimum Gasteiger partial charge on any atom is -0.462 e. The highest BCUT2D eigenvalue weighted by molar-refractivity contribution is 5.71. The molecule has 0 saturated heterocycles. The number of ether oxygens (including phenoxy) is 3. The Morgan fingerprint density at radius 1 is 0.271 bits per heavy atom. The van der Waals surface area contributed by atoms with Crippen LogP contribution in [-0.4, -0.2) is 37.2 Å². The smallest absolute Gasteiger partial charge is 0.306 e. The Bertz CT molecular complexity index is 1060. The van der Waals surface area contributed by atoms with E-state index in [9.17, 15) is 14.4 Å². The molecule has 0 unspecified atom stereocenters. The number of rotatable bonds is 59. The lowest BCUT2D eigenvalue weighted by Gasteiger charge is -2.18. The van der Waals surface area contributed by atoms with Crippen molar-refractivity contribution in [1.82, 2.24) is 0 Å². The molecule has 0 aliphatic rings. The van der Waals surface area contributed by atoms with Gasteiger partial charge in [0, 0.05) is 19.3 Å². The lowest BCUT2D eigenvalue weighted by Crippen LogP contribution is -2.30. The summed E-state index contributed by atoms with van der Waals surface area (Å²) in [5.74, 6) is 0.0260. The van der Waals surface area contributed by atoms with Crippen molar-refractivity contribution < 1.29 is 28.6 Å². The molecule has 0 rings (SSSR count). The summed E-state index contributed by atoms with van der Waals surface area (Å²) >= 11 is 0. The highest BCUT2D eigenvalue weighted by Gasteiger charge is 2.19. The van der Waals surface area contributed by atoms with E-state index in [0.29, 0.717) is 19.3 Å². The van der Waals surface area contributed by atoms with E-state index >= 15 is 0 Å². The predicted octanol–water partition coefficient (Wildman–Crippen LogP) is 21.4. The third-order valence-corrected chi connectivity index (χ3v) is 14.8. The van der Waals surface area contributed by atoms with Crippen LogP contribution in [0.15, 0.2) is 0 Å². The van der Waals surface area contributed by atoms with Crippen LogP contribution in [0.1, 0.15) is 368 Å². The zero-order valence-corrected chi connectivity index (χ0v) is 48.0. The topological polar surface area (TPSA) is 78.9 Å². The van der Waals surface area contributed by atoms with Gasteiger partial charge in [-0.05, 0) is 25.2 Å². The summed E-state index contributed by atoms with van der Waals surface area (Å²) in [6, 6.07) is 0. The molecule has 1 atom stereocenters. The van der Waals surface area contributed by atoms with Crippen molar-refractivity contribution in [2.45, 2.75) is 374 Å². The van der Waals surface area contributed by atoms with Crippen molar-refractivity contribution in [3.63, 3.8) is 0 Å². The number of esters is 3. The van der Waals surface area contributed by atoms with Crippen molar-refractivity contribution in [3.05, 3.63) is 0 Å². The highest BCUT2D eigenvalue weighted by atomic mass is 16.6. The first kappa shape index (κ1) is 68.4. The maximum atomic E-state index is 12.9. The molecule has 0 N–H and O–H groups in total. The number of carbonyl (C=O) groups excluding carboxylic acids is 3. The Kier molecular flexibility index (Phi) is 57.0. The molecule has 6 heteroatoms. The third-order valence-electron chi connectivity index (χ3n) is 14.8. The molecule has 0 radical (unpaired) electrons. The van der Waals surface area contributed by atoms with Crippen molar-refractivity contribution >= 4 is 17.9 Å². The van der Waals surface area contributed by atoms with Gasteiger partial charge in [-0.25, -0.2) is 0 Å². The average Bonchev–Trinajstić information content (AvgIpc) is 3.35. The second-order valence-electron chi connectivity index (χ2n) is 22.5. The van der Waals surface area contributed by atoms with E-state index in [2.05, 4.69) is 27.7 Å². The number of hydrogen-bond acceptors (Lipinski definition) is 6. The molecule has 0 aliphatic heterocycles. The lowest BCUT2D eigenvalue weighted by molar-refractivity contribution is -0.167. The summed E-state index contributed by atoms with van der Waals surface area (Å²) in [4.78, 5) is 38.3. The molecule has 0 aromatic carbocycles. The summed E-state index contributed by atoms with van der Waals surface area (Å²) in [5, 5.41) is 0. The minimum absolute atomic E-state index is 0.0611. The normalized spacial score (nSPS) is 12.0. The minimum atomic E-state index is -0.763. The van der Waals surface area contributed by atoms with Gasteiger partial charge in [0.2, 0.25) is 0 Å². The van der Waals surface area contributed by atoms with Crippen LogP contribution in [0.2, 0.25) is 0 Å². The molecule has 0 fully saturated rings. The van der Waals surface area contributed by atoms with E-state index in [1.165, 1.54) is 263 Å². The molecule has 70 heavy (non-hydrogen) atoms. The van der Waals surface area contributed by atoms with Crippen molar-refractivity contribution in [2.24, 2.45) is 5.92 Å². The zero-order valence-electron chi connectivity index (χ0n) is 48.0. The van der Waals surface area contributed by atoms with Gasteiger partial charge in [0.15, 0.2) is 6.10 Å². The van der Waals surface area contributed by atoms with Gasteiger partial charge in [-0.15, -0.1) is 0 Å². The van der Waals surface area contributed by atoms with E-state index in [1.807, 2.05) is 0 Å². The second-order valence-corrected chi connectivity index (χ2v) is 22.5. The molecule has 0 aliphatic carbocycles. The van der Waals surface area contributed by atoms with E-state index in [0.717, 1.165) is 63.7 Å². The second kappa shape index (κ2) is 58.3. The van der Waals surface area contributed by atoms with Gasteiger partial charge in [-0.2, -0.15) is 0 Å². The molecule has 0 bridgehead atoms. The van der Waals surface area contributed by atoms with Gasteiger partial charge in [-0.1, -0.05) is 329 Å². The Hall–Kier alpha value is -1.59. The Morgan fingerprint density at radius 3 is 0.700 bits per heavy atom. The number of unbranched alkanes of at least 4 members (excludes halogenated alkanes) is 46. The van der Waals surface area contributed by atoms with E-state index in [1.54, 1.807) is 0 Å². The molecule has 0 aromatic rings. The SMILES string of the molecule is CCCCCCCCCCCCCCCCCCCC(=O)OC[C@@H](COC(=O)CCCCCCCCCCCCCCCCCCC(C)C)OC(=O)CCCCCCCCCCCCCCCCCC. The van der Waals surface area contributed by atoms with Crippen LogP contribution in [0.3, 0.4) is 0 Å². The zero-order chi connectivity index (χ0) is 50.9. The average molecular weight is 990 g/mol. The van der Waals surface area contributed by atoms with Crippen LogP contribution in [0.25, 0.3) is 0 Å². The molecular formula is C64H124O6. The van der Waals surface area contributed by atoms with Crippen molar-refractivity contribution in [3.8, 4) is 0 Å². The van der Waals surface area contributed by atoms with Crippen LogP contribution in [0.4, 0.5) is 0 Å². The monoisotopic (exact) mass is 989 g/mol. The lowest BCUT2D eigenvalue weighted by atomic mass is 10.0. The van der Waals surface area contributed by atoms with Crippen LogP contribution >= 0.6 is 0 Å². The van der Waals surface area contributed by atoms with Gasteiger partial charge in [0.1, 0.15) is 13.2 Å². The Labute approximate surface area is 438 Å². The molecule has 0 aromatic heterocycles. The molecule has 0 heterocycles. The molecule has 6 nitrogen and oxygen atoms in total. The fourth-order valence-corrected chi connectivity index (χ4v) is 9.99. The van der Waals surface area contributed by atoms with Gasteiger partial charge < -0.3 is 14.2 Å². The van der Waals surface area contributed by atoms with Crippen molar-refractivity contribution in [1.29, 1.82) is 0 Å². The van der Waals surface area contributed by atoms with Gasteiger partial charge in [-0.3, -0.25) is 14.4 Å². The molecular weight excluding hydrogens is 865 g/mol. The largest absolute Gasteiger partial charge is 0.462 e. The molecule has 0 saturated carbocycles. The number of carbonyl (C=O) groups is 3. The van der Waals surface area contributed by atoms with Crippen molar-refractivity contribution in [2.75, 3.05) is 13.2 Å². The maximum absolute atomic E-state index is 12.9. The summed E-state index contributed by atoms with van der Waals surface area (Å²) in [7, 11) is 0. The molecule has 0 spiro atoms. The standard InChI is InChI=1S/C64H124O6/c1-5-7-9-11-13-15-17-19-21-23-28-31-35-39-43-47-51-55-62(65)68-58-61(70-64(67)57-53-49-45-41-37-33-27-22-20-18-16-14-12-10-8-6-2)59-69-63(66)56-52-48-44-40-36-32-29-25-24-26-30-34-38-42-46-50-54-60(3)4/h60-61H,5-59H2,1-4H3/t61-/m0/s1.